The van der Waals surface area contributed by atoms with Crippen LogP contribution in [0.2, 0.25) is 0 Å². The van der Waals surface area contributed by atoms with Crippen LogP contribution < -0.4 is 0 Å². The Morgan fingerprint density at radius 1 is 1.24 bits per heavy atom. The Bertz CT molecular complexity index is 708. The lowest BCUT2D eigenvalue weighted by Gasteiger charge is -2.33. The molecule has 0 spiro atoms. The van der Waals surface area contributed by atoms with Gasteiger partial charge in [-0.2, -0.15) is 0 Å². The number of hydrogen-bond acceptors (Lipinski definition) is 3. The van der Waals surface area contributed by atoms with Crippen molar-refractivity contribution in [2.45, 2.75) is 45.3 Å². The summed E-state index contributed by atoms with van der Waals surface area (Å²) in [6, 6.07) is 6.81. The summed E-state index contributed by atoms with van der Waals surface area (Å²) < 4.78 is 21.3. The van der Waals surface area contributed by atoms with Gasteiger partial charge >= 0.3 is 0 Å². The second-order valence-corrected chi connectivity index (χ2v) is 7.32. The summed E-state index contributed by atoms with van der Waals surface area (Å²) in [5.41, 5.74) is 3.69. The van der Waals surface area contributed by atoms with E-state index in [1.807, 2.05) is 25.4 Å². The third-order valence-corrected chi connectivity index (χ3v) is 5.19. The van der Waals surface area contributed by atoms with Gasteiger partial charge in [-0.3, -0.25) is 4.90 Å². The molecule has 0 saturated heterocycles. The van der Waals surface area contributed by atoms with Gasteiger partial charge in [0.05, 0.1) is 18.6 Å². The fraction of sp³-hybridized carbons (Fsp3) is 0.550. The van der Waals surface area contributed by atoms with E-state index in [1.165, 1.54) is 36.4 Å². The van der Waals surface area contributed by atoms with Gasteiger partial charge in [-0.15, -0.1) is 0 Å². The minimum absolute atomic E-state index is 0.183. The number of halogens is 1. The molecule has 2 aromatic rings. The fourth-order valence-electron chi connectivity index (χ4n) is 3.78. The van der Waals surface area contributed by atoms with Crippen LogP contribution in [0.1, 0.15) is 42.6 Å². The quantitative estimate of drug-likeness (QED) is 0.770. The minimum Gasteiger partial charge on any atom is -0.381 e. The number of rotatable bonds is 7. The molecule has 0 unspecified atom stereocenters. The average Bonchev–Trinajstić information content (AvgIpc) is 3.34. The summed E-state index contributed by atoms with van der Waals surface area (Å²) in [5.74, 6) is 1.01. The van der Waals surface area contributed by atoms with Crippen molar-refractivity contribution in [1.82, 2.24) is 14.5 Å². The lowest BCUT2D eigenvalue weighted by atomic mass is 9.98. The van der Waals surface area contributed by atoms with E-state index in [4.69, 9.17) is 9.72 Å². The molecule has 4 nitrogen and oxygen atoms in total. The molecule has 1 aromatic carbocycles. The number of nitrogens with zero attached hydrogens (tertiary/aromatic N) is 3. The molecule has 1 atom stereocenters. The summed E-state index contributed by atoms with van der Waals surface area (Å²) in [6.45, 7) is 7.25. The Morgan fingerprint density at radius 3 is 2.76 bits per heavy atom. The molecule has 1 aliphatic carbocycles. The predicted molar refractivity (Wildman–Crippen MR) is 94.7 cm³/mol. The highest BCUT2D eigenvalue weighted by Crippen LogP contribution is 2.34. The lowest BCUT2D eigenvalue weighted by Crippen LogP contribution is -2.36. The zero-order chi connectivity index (χ0) is 17.2. The molecule has 25 heavy (non-hydrogen) atoms. The SMILES string of the molecule is CCOC[C@H]1CN(Cc2ccc(F)cc2)Cc2ncn(CC3CC3)c21. The van der Waals surface area contributed by atoms with Crippen molar-refractivity contribution in [2.75, 3.05) is 19.8 Å². The van der Waals surface area contributed by atoms with E-state index in [9.17, 15) is 4.39 Å². The second-order valence-electron chi connectivity index (χ2n) is 7.32. The van der Waals surface area contributed by atoms with E-state index in [0.717, 1.165) is 50.9 Å². The highest BCUT2D eigenvalue weighted by molar-refractivity contribution is 5.23. The van der Waals surface area contributed by atoms with Crippen LogP contribution in [0.5, 0.6) is 0 Å². The average molecular weight is 343 g/mol. The zero-order valence-corrected chi connectivity index (χ0v) is 14.8. The van der Waals surface area contributed by atoms with Crippen molar-refractivity contribution in [1.29, 1.82) is 0 Å². The number of imidazole rings is 1. The Balaban J connectivity index is 1.52. The van der Waals surface area contributed by atoms with Gasteiger partial charge in [-0.25, -0.2) is 9.37 Å². The summed E-state index contributed by atoms with van der Waals surface area (Å²) in [4.78, 5) is 7.10. The molecule has 1 aromatic heterocycles. The van der Waals surface area contributed by atoms with E-state index in [1.54, 1.807) is 0 Å². The van der Waals surface area contributed by atoms with Crippen molar-refractivity contribution < 1.29 is 9.13 Å². The molecular formula is C20H26FN3O. The maximum atomic E-state index is 13.1. The fourth-order valence-corrected chi connectivity index (χ4v) is 3.78. The Labute approximate surface area is 148 Å². The molecule has 0 N–H and O–H groups in total. The standard InChI is InChI=1S/C20H26FN3O/c1-2-25-13-17-11-23(9-15-5-7-18(21)8-6-15)12-19-20(17)24(14-22-19)10-16-3-4-16/h5-8,14,16-17H,2-4,9-13H2,1H3/t17-/m1/s1. The summed E-state index contributed by atoms with van der Waals surface area (Å²) >= 11 is 0. The molecule has 1 fully saturated rings. The van der Waals surface area contributed by atoms with Gasteiger partial charge < -0.3 is 9.30 Å². The summed E-state index contributed by atoms with van der Waals surface area (Å²) in [5, 5.41) is 0. The van der Waals surface area contributed by atoms with Crippen LogP contribution in [-0.2, 0) is 24.4 Å². The minimum atomic E-state index is -0.183. The molecule has 5 heteroatoms. The third kappa shape index (κ3) is 3.93. The summed E-state index contributed by atoms with van der Waals surface area (Å²) in [6.07, 6.45) is 4.71. The van der Waals surface area contributed by atoms with Crippen molar-refractivity contribution in [3.63, 3.8) is 0 Å². The largest absolute Gasteiger partial charge is 0.381 e. The normalized spacial score (nSPS) is 20.6. The zero-order valence-electron chi connectivity index (χ0n) is 14.8. The molecule has 4 rings (SSSR count). The van der Waals surface area contributed by atoms with E-state index in [-0.39, 0.29) is 5.82 Å². The molecule has 2 heterocycles. The third-order valence-electron chi connectivity index (χ3n) is 5.19. The molecular weight excluding hydrogens is 317 g/mol. The van der Waals surface area contributed by atoms with Crippen LogP contribution in [0.3, 0.4) is 0 Å². The van der Waals surface area contributed by atoms with Gasteiger partial charge in [0.15, 0.2) is 0 Å². The van der Waals surface area contributed by atoms with E-state index >= 15 is 0 Å². The van der Waals surface area contributed by atoms with Gasteiger partial charge in [0.1, 0.15) is 5.82 Å². The number of fused-ring (bicyclic) bond motifs is 1. The smallest absolute Gasteiger partial charge is 0.123 e. The number of benzene rings is 1. The van der Waals surface area contributed by atoms with Crippen LogP contribution in [-0.4, -0.2) is 34.2 Å². The van der Waals surface area contributed by atoms with Gasteiger partial charge in [-0.1, -0.05) is 12.1 Å². The van der Waals surface area contributed by atoms with Crippen LogP contribution in [0, 0.1) is 11.7 Å². The Hall–Kier alpha value is -1.72. The molecule has 1 aliphatic heterocycles. The Morgan fingerprint density at radius 2 is 2.04 bits per heavy atom. The first-order valence-electron chi connectivity index (χ1n) is 9.31. The van der Waals surface area contributed by atoms with Gasteiger partial charge in [0.25, 0.3) is 0 Å². The number of aromatic nitrogens is 2. The Kier molecular flexibility index (Phi) is 4.86. The van der Waals surface area contributed by atoms with E-state index < -0.39 is 0 Å². The number of hydrogen-bond donors (Lipinski definition) is 0. The second kappa shape index (κ2) is 7.26. The van der Waals surface area contributed by atoms with E-state index in [0.29, 0.717) is 5.92 Å². The highest BCUT2D eigenvalue weighted by Gasteiger charge is 2.31. The number of ether oxygens (including phenoxy) is 1. The molecule has 0 bridgehead atoms. The first kappa shape index (κ1) is 16.7. The van der Waals surface area contributed by atoms with Crippen LogP contribution >= 0.6 is 0 Å². The van der Waals surface area contributed by atoms with Crippen LogP contribution in [0.25, 0.3) is 0 Å². The molecule has 0 radical (unpaired) electrons. The molecule has 134 valence electrons. The highest BCUT2D eigenvalue weighted by atomic mass is 19.1. The molecule has 0 amide bonds. The van der Waals surface area contributed by atoms with Gasteiger partial charge in [0, 0.05) is 44.4 Å². The molecule has 2 aliphatic rings. The van der Waals surface area contributed by atoms with Gasteiger partial charge in [0.2, 0.25) is 0 Å². The maximum Gasteiger partial charge on any atom is 0.123 e. The maximum absolute atomic E-state index is 13.1. The first-order valence-corrected chi connectivity index (χ1v) is 9.31. The van der Waals surface area contributed by atoms with Crippen molar-refractivity contribution >= 4 is 0 Å². The van der Waals surface area contributed by atoms with Crippen molar-refractivity contribution in [3.8, 4) is 0 Å². The van der Waals surface area contributed by atoms with E-state index in [2.05, 4.69) is 9.47 Å². The van der Waals surface area contributed by atoms with Crippen LogP contribution in [0.4, 0.5) is 4.39 Å². The summed E-state index contributed by atoms with van der Waals surface area (Å²) in [7, 11) is 0. The lowest BCUT2D eigenvalue weighted by molar-refractivity contribution is 0.102. The monoisotopic (exact) mass is 343 g/mol. The van der Waals surface area contributed by atoms with Crippen molar-refractivity contribution in [3.05, 3.63) is 53.4 Å². The van der Waals surface area contributed by atoms with Gasteiger partial charge in [-0.05, 0) is 43.4 Å². The molecule has 1 saturated carbocycles. The first-order chi connectivity index (χ1) is 12.2. The van der Waals surface area contributed by atoms with Crippen molar-refractivity contribution in [2.24, 2.45) is 5.92 Å². The van der Waals surface area contributed by atoms with Crippen LogP contribution in [0.15, 0.2) is 30.6 Å². The predicted octanol–water partition coefficient (Wildman–Crippen LogP) is 3.57. The topological polar surface area (TPSA) is 30.3 Å².